The van der Waals surface area contributed by atoms with Crippen molar-refractivity contribution >= 4 is 17.7 Å². The van der Waals surface area contributed by atoms with E-state index < -0.39 is 0 Å². The van der Waals surface area contributed by atoms with Crippen LogP contribution in [-0.2, 0) is 4.79 Å². The topological polar surface area (TPSA) is 41.1 Å². The highest BCUT2D eigenvalue weighted by molar-refractivity contribution is 7.98. The molecule has 0 aromatic carbocycles. The molecule has 0 radical (unpaired) electrons. The molecule has 1 saturated heterocycles. The molecule has 0 aromatic rings. The Morgan fingerprint density at radius 3 is 3.15 bits per heavy atom. The maximum absolute atomic E-state index is 10.8. The van der Waals surface area contributed by atoms with Crippen LogP contribution in [0.15, 0.2) is 0 Å². The normalized spacial score (nSPS) is 21.9. The number of hydrogen-bond acceptors (Lipinski definition) is 3. The number of amides is 1. The highest BCUT2D eigenvalue weighted by Crippen LogP contribution is 2.04. The third-order valence-electron chi connectivity index (χ3n) is 2.18. The van der Waals surface area contributed by atoms with E-state index in [9.17, 15) is 4.79 Å². The van der Waals surface area contributed by atoms with Crippen molar-refractivity contribution in [2.24, 2.45) is 0 Å². The first kappa shape index (κ1) is 10.9. The van der Waals surface area contributed by atoms with E-state index in [2.05, 4.69) is 16.9 Å². The minimum Gasteiger partial charge on any atom is -0.352 e. The largest absolute Gasteiger partial charge is 0.352 e. The molecule has 1 heterocycles. The molecule has 0 bridgehead atoms. The summed E-state index contributed by atoms with van der Waals surface area (Å²) in [6.07, 6.45) is 5.03. The van der Waals surface area contributed by atoms with Crippen LogP contribution in [0, 0.1) is 0 Å². The molecule has 0 saturated carbocycles. The highest BCUT2D eigenvalue weighted by atomic mass is 32.2. The van der Waals surface area contributed by atoms with Crippen molar-refractivity contribution in [3.63, 3.8) is 0 Å². The Labute approximate surface area is 84.0 Å². The maximum atomic E-state index is 10.8. The molecule has 76 valence electrons. The summed E-state index contributed by atoms with van der Waals surface area (Å²) in [6.45, 7) is 1.99. The van der Waals surface area contributed by atoms with Crippen molar-refractivity contribution in [3.05, 3.63) is 0 Å². The molecule has 0 aliphatic carbocycles. The molecule has 2 N–H and O–H groups in total. The fraction of sp³-hybridized carbons (Fsp3) is 0.889. The Bertz CT molecular complexity index is 164. The molecule has 13 heavy (non-hydrogen) atoms. The van der Waals surface area contributed by atoms with Crippen LogP contribution in [0.25, 0.3) is 0 Å². The summed E-state index contributed by atoms with van der Waals surface area (Å²) >= 11 is 1.87. The molecule has 1 unspecified atom stereocenters. The van der Waals surface area contributed by atoms with Gasteiger partial charge in [0.1, 0.15) is 0 Å². The lowest BCUT2D eigenvalue weighted by Crippen LogP contribution is -2.36. The maximum Gasteiger partial charge on any atom is 0.220 e. The van der Waals surface area contributed by atoms with Crippen LogP contribution in [0.3, 0.4) is 0 Å². The second-order valence-electron chi connectivity index (χ2n) is 3.35. The number of hydrogen-bond donors (Lipinski definition) is 2. The van der Waals surface area contributed by atoms with E-state index in [4.69, 9.17) is 0 Å². The number of carbonyl (C=O) groups excluding carboxylic acids is 1. The predicted octanol–water partition coefficient (Wildman–Crippen LogP) is 0.608. The molecule has 0 spiro atoms. The van der Waals surface area contributed by atoms with Gasteiger partial charge in [-0.3, -0.25) is 4.79 Å². The molecule has 1 rings (SSSR count). The van der Waals surface area contributed by atoms with Gasteiger partial charge in [0.2, 0.25) is 5.91 Å². The Morgan fingerprint density at radius 2 is 2.54 bits per heavy atom. The van der Waals surface area contributed by atoms with E-state index in [1.807, 2.05) is 11.8 Å². The number of rotatable bonds is 6. The number of thioether (sulfide) groups is 1. The van der Waals surface area contributed by atoms with Crippen LogP contribution in [-0.4, -0.2) is 37.0 Å². The van der Waals surface area contributed by atoms with Crippen molar-refractivity contribution in [2.75, 3.05) is 25.1 Å². The lowest BCUT2D eigenvalue weighted by molar-refractivity contribution is -0.119. The van der Waals surface area contributed by atoms with Gasteiger partial charge in [-0.05, 0) is 31.4 Å². The van der Waals surface area contributed by atoms with Crippen molar-refractivity contribution in [3.8, 4) is 0 Å². The Balaban J connectivity index is 1.91. The molecule has 1 atom stereocenters. The van der Waals surface area contributed by atoms with Gasteiger partial charge in [0.25, 0.3) is 0 Å². The fourth-order valence-corrected chi connectivity index (χ4v) is 1.88. The molecule has 1 aliphatic heterocycles. The zero-order valence-electron chi connectivity index (χ0n) is 8.14. The van der Waals surface area contributed by atoms with E-state index in [1.165, 1.54) is 12.2 Å². The van der Waals surface area contributed by atoms with Crippen LogP contribution >= 0.6 is 11.8 Å². The molecular formula is C9H18N2OS. The molecule has 1 fully saturated rings. The SMILES string of the molecule is CSCCCNCC1CCC(=O)N1. The smallest absolute Gasteiger partial charge is 0.220 e. The van der Waals surface area contributed by atoms with Crippen molar-refractivity contribution in [1.29, 1.82) is 0 Å². The minimum atomic E-state index is 0.205. The van der Waals surface area contributed by atoms with Gasteiger partial charge < -0.3 is 10.6 Å². The van der Waals surface area contributed by atoms with E-state index in [-0.39, 0.29) is 5.91 Å². The number of nitrogens with one attached hydrogen (secondary N) is 2. The minimum absolute atomic E-state index is 0.205. The lowest BCUT2D eigenvalue weighted by atomic mass is 10.2. The van der Waals surface area contributed by atoms with Crippen LogP contribution in [0.1, 0.15) is 19.3 Å². The summed E-state index contributed by atoms with van der Waals surface area (Å²) in [4.78, 5) is 10.8. The summed E-state index contributed by atoms with van der Waals surface area (Å²) in [5.74, 6) is 1.42. The van der Waals surface area contributed by atoms with Gasteiger partial charge in [-0.1, -0.05) is 0 Å². The Kier molecular flexibility index (Phi) is 5.23. The quantitative estimate of drug-likeness (QED) is 0.620. The van der Waals surface area contributed by atoms with Crippen molar-refractivity contribution in [2.45, 2.75) is 25.3 Å². The van der Waals surface area contributed by atoms with Crippen LogP contribution in [0.5, 0.6) is 0 Å². The van der Waals surface area contributed by atoms with Gasteiger partial charge in [-0.2, -0.15) is 11.8 Å². The van der Waals surface area contributed by atoms with Crippen molar-refractivity contribution < 1.29 is 4.79 Å². The average Bonchev–Trinajstić information content (AvgIpc) is 2.51. The lowest BCUT2D eigenvalue weighted by Gasteiger charge is -2.10. The standard InChI is InChI=1S/C9H18N2OS/c1-13-6-2-5-10-7-8-3-4-9(12)11-8/h8,10H,2-7H2,1H3,(H,11,12). The summed E-state index contributed by atoms with van der Waals surface area (Å²) in [7, 11) is 0. The summed E-state index contributed by atoms with van der Waals surface area (Å²) in [6, 6.07) is 0.377. The highest BCUT2D eigenvalue weighted by Gasteiger charge is 2.19. The van der Waals surface area contributed by atoms with Crippen LogP contribution in [0.2, 0.25) is 0 Å². The zero-order valence-corrected chi connectivity index (χ0v) is 8.95. The first-order valence-corrected chi connectivity index (χ1v) is 6.21. The summed E-state index contributed by atoms with van der Waals surface area (Å²) in [5.41, 5.74) is 0. The Hall–Kier alpha value is -0.220. The van der Waals surface area contributed by atoms with E-state index in [1.54, 1.807) is 0 Å². The van der Waals surface area contributed by atoms with Gasteiger partial charge in [0.05, 0.1) is 0 Å². The van der Waals surface area contributed by atoms with Gasteiger partial charge in [0.15, 0.2) is 0 Å². The molecule has 4 heteroatoms. The van der Waals surface area contributed by atoms with E-state index >= 15 is 0 Å². The molecule has 1 aliphatic rings. The first-order chi connectivity index (χ1) is 6.33. The molecule has 1 amide bonds. The molecule has 0 aromatic heterocycles. The summed E-state index contributed by atoms with van der Waals surface area (Å²) in [5, 5.41) is 6.29. The van der Waals surface area contributed by atoms with E-state index in [0.717, 1.165) is 19.5 Å². The third kappa shape index (κ3) is 4.52. The predicted molar refractivity (Wildman–Crippen MR) is 57.0 cm³/mol. The van der Waals surface area contributed by atoms with Gasteiger partial charge in [-0.25, -0.2) is 0 Å². The van der Waals surface area contributed by atoms with Crippen LogP contribution in [0.4, 0.5) is 0 Å². The fourth-order valence-electron chi connectivity index (χ4n) is 1.45. The molecule has 3 nitrogen and oxygen atoms in total. The van der Waals surface area contributed by atoms with Crippen LogP contribution < -0.4 is 10.6 Å². The van der Waals surface area contributed by atoms with Gasteiger partial charge in [-0.15, -0.1) is 0 Å². The second kappa shape index (κ2) is 6.27. The monoisotopic (exact) mass is 202 g/mol. The van der Waals surface area contributed by atoms with Gasteiger partial charge >= 0.3 is 0 Å². The summed E-state index contributed by atoms with van der Waals surface area (Å²) < 4.78 is 0. The van der Waals surface area contributed by atoms with Gasteiger partial charge in [0, 0.05) is 19.0 Å². The first-order valence-electron chi connectivity index (χ1n) is 4.82. The Morgan fingerprint density at radius 1 is 1.69 bits per heavy atom. The zero-order chi connectivity index (χ0) is 9.52. The third-order valence-corrected chi connectivity index (χ3v) is 2.87. The molecular weight excluding hydrogens is 184 g/mol. The van der Waals surface area contributed by atoms with E-state index in [0.29, 0.717) is 12.5 Å². The number of carbonyl (C=O) groups is 1. The second-order valence-corrected chi connectivity index (χ2v) is 4.34. The van der Waals surface area contributed by atoms with Crippen molar-refractivity contribution in [1.82, 2.24) is 10.6 Å². The average molecular weight is 202 g/mol.